The molecule has 1 aliphatic heterocycles. The van der Waals surface area contributed by atoms with Crippen LogP contribution in [0.2, 0.25) is 0 Å². The number of aliphatic hydroxyl groups excluding tert-OH is 1. The summed E-state index contributed by atoms with van der Waals surface area (Å²) in [5, 5.41) is 17.7. The molecule has 1 saturated heterocycles. The number of hydrogen-bond acceptors (Lipinski definition) is 4. The molecule has 0 bridgehead atoms. The van der Waals surface area contributed by atoms with Crippen LogP contribution >= 0.6 is 24.2 Å². The second-order valence-corrected chi connectivity index (χ2v) is 10.4. The number of fused-ring (bicyclic) bond motifs is 1. The van der Waals surface area contributed by atoms with Crippen molar-refractivity contribution in [2.45, 2.75) is 90.3 Å². The lowest BCUT2D eigenvalue weighted by Gasteiger charge is -2.59. The van der Waals surface area contributed by atoms with Crippen molar-refractivity contribution in [2.24, 2.45) is 11.3 Å². The number of allylic oxidation sites excluding steroid dienone is 4. The molecule has 33 heavy (non-hydrogen) atoms. The Hall–Kier alpha value is -1.10. The van der Waals surface area contributed by atoms with Gasteiger partial charge in [0, 0.05) is 34.4 Å². The van der Waals surface area contributed by atoms with Crippen LogP contribution in [0.25, 0.3) is 0 Å². The Morgan fingerprint density at radius 3 is 2.55 bits per heavy atom. The van der Waals surface area contributed by atoms with E-state index in [4.69, 9.17) is 11.6 Å². The van der Waals surface area contributed by atoms with Gasteiger partial charge in [-0.2, -0.15) is 12.6 Å². The van der Waals surface area contributed by atoms with Crippen LogP contribution in [-0.4, -0.2) is 34.4 Å². The van der Waals surface area contributed by atoms with Crippen LogP contribution in [-0.2, 0) is 0 Å². The zero-order chi connectivity index (χ0) is 25.2. The van der Waals surface area contributed by atoms with Crippen molar-refractivity contribution >= 4 is 24.2 Å². The van der Waals surface area contributed by atoms with Gasteiger partial charge in [-0.15, -0.1) is 18.2 Å². The summed E-state index contributed by atoms with van der Waals surface area (Å²) in [5.41, 5.74) is 4.12. The average Bonchev–Trinajstić information content (AvgIpc) is 2.97. The first-order valence-corrected chi connectivity index (χ1v) is 13.4. The Morgan fingerprint density at radius 2 is 2.06 bits per heavy atom. The number of alkyl halides is 1. The number of aliphatic hydroxyl groups is 1. The van der Waals surface area contributed by atoms with E-state index in [0.29, 0.717) is 17.8 Å². The number of unbranched alkanes of at least 4 members (excludes halogenated alkanes) is 2. The summed E-state index contributed by atoms with van der Waals surface area (Å²) in [7, 11) is 0. The summed E-state index contributed by atoms with van der Waals surface area (Å²) >= 11 is 10.2. The van der Waals surface area contributed by atoms with E-state index in [1.54, 1.807) is 0 Å². The van der Waals surface area contributed by atoms with E-state index in [0.717, 1.165) is 62.0 Å². The molecule has 0 radical (unpaired) electrons. The van der Waals surface area contributed by atoms with Gasteiger partial charge in [-0.05, 0) is 57.9 Å². The second kappa shape index (κ2) is 13.7. The van der Waals surface area contributed by atoms with Crippen LogP contribution < -0.4 is 10.6 Å². The first-order chi connectivity index (χ1) is 15.6. The van der Waals surface area contributed by atoms with Gasteiger partial charge >= 0.3 is 0 Å². The van der Waals surface area contributed by atoms with Crippen LogP contribution in [0, 0.1) is 11.3 Å². The molecule has 2 rings (SSSR count). The van der Waals surface area contributed by atoms with Gasteiger partial charge in [-0.1, -0.05) is 57.7 Å². The van der Waals surface area contributed by atoms with Crippen molar-refractivity contribution < 1.29 is 5.11 Å². The predicted molar refractivity (Wildman–Crippen MR) is 150 cm³/mol. The van der Waals surface area contributed by atoms with Gasteiger partial charge in [0.25, 0.3) is 0 Å². The summed E-state index contributed by atoms with van der Waals surface area (Å²) < 4.78 is 0. The monoisotopic (exact) mass is 494 g/mol. The maximum atomic E-state index is 10.8. The largest absolute Gasteiger partial charge is 0.390 e. The Kier molecular flexibility index (Phi) is 12.4. The highest BCUT2D eigenvalue weighted by Gasteiger charge is 2.69. The zero-order valence-corrected chi connectivity index (χ0v) is 23.0. The van der Waals surface area contributed by atoms with Crippen LogP contribution in [0.3, 0.4) is 0 Å². The third-order valence-electron chi connectivity index (χ3n) is 7.58. The fourth-order valence-corrected chi connectivity index (χ4v) is 5.97. The summed E-state index contributed by atoms with van der Waals surface area (Å²) in [5.74, 6) is 1.75. The molecule has 0 spiro atoms. The fraction of sp³-hybridized carbons (Fsp3) is 0.643. The minimum Gasteiger partial charge on any atom is -0.390 e. The Bertz CT molecular complexity index is 733. The molecule has 3 nitrogen and oxygen atoms in total. The van der Waals surface area contributed by atoms with Crippen LogP contribution in [0.15, 0.2) is 61.0 Å². The lowest BCUT2D eigenvalue weighted by molar-refractivity contribution is -0.0428. The van der Waals surface area contributed by atoms with E-state index in [-0.39, 0.29) is 5.41 Å². The van der Waals surface area contributed by atoms with Gasteiger partial charge in [0.15, 0.2) is 0 Å². The van der Waals surface area contributed by atoms with Gasteiger partial charge in [-0.3, -0.25) is 0 Å². The summed E-state index contributed by atoms with van der Waals surface area (Å²) in [6, 6.07) is 0.314. The van der Waals surface area contributed by atoms with E-state index in [9.17, 15) is 5.11 Å². The minimum atomic E-state index is -0.411. The van der Waals surface area contributed by atoms with Crippen molar-refractivity contribution in [1.82, 2.24) is 10.6 Å². The highest BCUT2D eigenvalue weighted by atomic mass is 35.5. The maximum absolute atomic E-state index is 10.8. The number of nitrogens with one attached hydrogen (secondary N) is 2. The molecule has 0 aromatic heterocycles. The van der Waals surface area contributed by atoms with Crippen molar-refractivity contribution in [2.75, 3.05) is 11.6 Å². The van der Waals surface area contributed by atoms with E-state index in [1.807, 2.05) is 13.0 Å². The molecule has 0 aromatic carbocycles. The molecule has 2 fully saturated rings. The molecule has 2 aliphatic rings. The van der Waals surface area contributed by atoms with Crippen molar-refractivity contribution in [3.8, 4) is 0 Å². The summed E-state index contributed by atoms with van der Waals surface area (Å²) in [6.07, 6.45) is 10.3. The smallest absolute Gasteiger partial charge is 0.0903 e. The van der Waals surface area contributed by atoms with Crippen molar-refractivity contribution in [3.05, 3.63) is 61.0 Å². The maximum Gasteiger partial charge on any atom is 0.0903 e. The minimum absolute atomic E-state index is 0.00604. The fourth-order valence-electron chi connectivity index (χ4n) is 5.40. The highest BCUT2D eigenvalue weighted by molar-refractivity contribution is 7.80. The van der Waals surface area contributed by atoms with Crippen LogP contribution in [0.4, 0.5) is 0 Å². The average molecular weight is 495 g/mol. The van der Waals surface area contributed by atoms with E-state index in [1.165, 1.54) is 11.3 Å². The van der Waals surface area contributed by atoms with Crippen LogP contribution in [0.1, 0.15) is 72.6 Å². The Balaban J connectivity index is 0.000000389. The van der Waals surface area contributed by atoms with E-state index in [2.05, 4.69) is 76.4 Å². The van der Waals surface area contributed by atoms with Crippen molar-refractivity contribution in [3.63, 3.8) is 0 Å². The lowest BCUT2D eigenvalue weighted by atomic mass is 9.48. The molecule has 5 heteroatoms. The molecule has 1 saturated carbocycles. The van der Waals surface area contributed by atoms with Gasteiger partial charge in [0.1, 0.15) is 0 Å². The first-order valence-electron chi connectivity index (χ1n) is 12.3. The number of hydrogen-bond donors (Lipinski definition) is 4. The van der Waals surface area contributed by atoms with Crippen molar-refractivity contribution in [1.29, 1.82) is 0 Å². The lowest BCUT2D eigenvalue weighted by Crippen LogP contribution is -2.68. The molecule has 5 atom stereocenters. The Labute approximate surface area is 213 Å². The predicted octanol–water partition coefficient (Wildman–Crippen LogP) is 6.93. The Morgan fingerprint density at radius 1 is 1.39 bits per heavy atom. The molecule has 3 N–H and O–H groups in total. The van der Waals surface area contributed by atoms with Gasteiger partial charge < -0.3 is 15.7 Å². The third kappa shape index (κ3) is 6.52. The standard InChI is InChI=1S/C18H28ClNO.C10H19NS/c1-5-6-7-8-9-16(21)18-13(2)12-17(18,4)15(10-11-19)14(3)20-18;1-5-8(3)10(7-12)11-9(4)6-2/h5,15-16,20-21H,1-3,6-12H2,4H3;6,10-12H,3,5,7H2,1-2,4H3/b;9-6+/t15?,16-,17-,18?;/m0./s1. The van der Waals surface area contributed by atoms with Gasteiger partial charge in [0.05, 0.1) is 17.7 Å². The van der Waals surface area contributed by atoms with Crippen LogP contribution in [0.5, 0.6) is 0 Å². The van der Waals surface area contributed by atoms with E-state index >= 15 is 0 Å². The topological polar surface area (TPSA) is 44.3 Å². The molecule has 188 valence electrons. The molecular weight excluding hydrogens is 448 g/mol. The van der Waals surface area contributed by atoms with Gasteiger partial charge in [0.2, 0.25) is 0 Å². The molecule has 0 amide bonds. The number of thiol groups is 1. The first kappa shape index (κ1) is 29.9. The molecule has 1 heterocycles. The van der Waals surface area contributed by atoms with E-state index < -0.39 is 11.6 Å². The molecule has 3 unspecified atom stereocenters. The zero-order valence-electron chi connectivity index (χ0n) is 21.4. The molecule has 1 aliphatic carbocycles. The molecular formula is C28H47ClN2OS. The number of halogens is 1. The SMILES string of the molecule is C=C(CC)C(CS)N/C(C)=C/C.C=CCCCC[C@H](O)C12NC(=C)C(CCCl)[C@]1(C)CC2=C. The summed E-state index contributed by atoms with van der Waals surface area (Å²) in [4.78, 5) is 0. The quantitative estimate of drug-likeness (QED) is 0.0971. The third-order valence-corrected chi connectivity index (χ3v) is 8.17. The molecule has 0 aromatic rings. The number of rotatable bonds is 13. The normalized spacial score (nSPS) is 28.0. The van der Waals surface area contributed by atoms with Gasteiger partial charge in [-0.25, -0.2) is 0 Å². The summed E-state index contributed by atoms with van der Waals surface area (Å²) in [6.45, 7) is 24.6. The highest BCUT2D eigenvalue weighted by Crippen LogP contribution is 2.65. The second-order valence-electron chi connectivity index (χ2n) is 9.64.